The first-order chi connectivity index (χ1) is 23.5. The van der Waals surface area contributed by atoms with E-state index in [0.717, 1.165) is 5.57 Å². The summed E-state index contributed by atoms with van der Waals surface area (Å²) in [5.41, 5.74) is -1.10. The molecule has 11 nitrogen and oxygen atoms in total. The Morgan fingerprint density at radius 1 is 1.04 bits per heavy atom. The maximum Gasteiger partial charge on any atom is 0.309 e. The topological polar surface area (TPSA) is 150 Å². The van der Waals surface area contributed by atoms with Crippen LogP contribution in [0.5, 0.6) is 0 Å². The summed E-state index contributed by atoms with van der Waals surface area (Å²) in [4.78, 5) is 25.2. The maximum absolute atomic E-state index is 13.1. The second-order valence-corrected chi connectivity index (χ2v) is 14.0. The number of esters is 2. The Labute approximate surface area is 301 Å². The first-order valence-electron chi connectivity index (χ1n) is 18.4. The van der Waals surface area contributed by atoms with E-state index in [9.17, 15) is 24.9 Å². The van der Waals surface area contributed by atoms with Gasteiger partial charge in [0.2, 0.25) is 0 Å². The van der Waals surface area contributed by atoms with Gasteiger partial charge in [-0.25, -0.2) is 0 Å². The van der Waals surface area contributed by atoms with Gasteiger partial charge < -0.3 is 43.7 Å². The number of rotatable bonds is 20. The molecule has 1 rings (SSSR count). The number of hydrogen-bond acceptors (Lipinski definition) is 11. The summed E-state index contributed by atoms with van der Waals surface area (Å²) >= 11 is 0. The van der Waals surface area contributed by atoms with Crippen molar-refractivity contribution in [2.45, 2.75) is 143 Å². The third-order valence-electron chi connectivity index (χ3n) is 9.66. The van der Waals surface area contributed by atoms with Crippen molar-refractivity contribution in [2.75, 3.05) is 39.6 Å². The molecule has 1 aliphatic rings. The summed E-state index contributed by atoms with van der Waals surface area (Å²) < 4.78 is 35.1. The van der Waals surface area contributed by atoms with Gasteiger partial charge in [0.1, 0.15) is 17.8 Å². The minimum absolute atomic E-state index is 0.0995. The van der Waals surface area contributed by atoms with Crippen LogP contribution in [-0.4, -0.2) is 109 Å². The van der Waals surface area contributed by atoms with Crippen molar-refractivity contribution < 1.29 is 53.3 Å². The van der Waals surface area contributed by atoms with Crippen molar-refractivity contribution in [1.82, 2.24) is 0 Å². The first kappa shape index (κ1) is 45.9. The summed E-state index contributed by atoms with van der Waals surface area (Å²) in [6.45, 7) is 20.9. The first-order valence-corrected chi connectivity index (χ1v) is 18.4. The molecule has 0 aromatic heterocycles. The number of aliphatic hydroxyl groups is 3. The molecule has 0 amide bonds. The molecule has 10 unspecified atom stereocenters. The second-order valence-electron chi connectivity index (χ2n) is 14.0. The van der Waals surface area contributed by atoms with E-state index in [1.807, 2.05) is 86.6 Å². The van der Waals surface area contributed by atoms with Gasteiger partial charge >= 0.3 is 11.9 Å². The van der Waals surface area contributed by atoms with Crippen LogP contribution in [-0.2, 0) is 38.0 Å². The molecule has 0 saturated carbocycles. The number of cyclic esters (lactones) is 1. The third kappa shape index (κ3) is 16.5. The molecule has 1 aliphatic heterocycles. The normalized spacial score (nSPS) is 28.4. The van der Waals surface area contributed by atoms with Crippen molar-refractivity contribution >= 4 is 11.9 Å². The fourth-order valence-electron chi connectivity index (χ4n) is 6.08. The number of allylic oxidation sites excluding steroid dienone is 2. The summed E-state index contributed by atoms with van der Waals surface area (Å²) in [6, 6.07) is 0. The number of carbonyl (C=O) groups excluding carboxylic acids is 2. The zero-order valence-corrected chi connectivity index (χ0v) is 32.4. The van der Waals surface area contributed by atoms with Gasteiger partial charge in [-0.1, -0.05) is 52.0 Å². The van der Waals surface area contributed by atoms with E-state index < -0.39 is 53.7 Å². The monoisotopic (exact) mass is 712 g/mol. The van der Waals surface area contributed by atoms with Gasteiger partial charge in [0.05, 0.1) is 56.8 Å². The molecule has 0 radical (unpaired) electrons. The van der Waals surface area contributed by atoms with Crippen molar-refractivity contribution in [3.63, 3.8) is 0 Å². The average Bonchev–Trinajstić information content (AvgIpc) is 3.06. The minimum Gasteiger partial charge on any atom is -0.457 e. The molecule has 1 heterocycles. The molecule has 0 fully saturated rings. The van der Waals surface area contributed by atoms with Crippen molar-refractivity contribution in [3.8, 4) is 0 Å². The molecule has 0 aliphatic carbocycles. The average molecular weight is 713 g/mol. The molecule has 10 atom stereocenters. The van der Waals surface area contributed by atoms with Gasteiger partial charge in [-0.2, -0.15) is 0 Å². The number of aliphatic hydroxyl groups excluding tert-OH is 3. The Bertz CT molecular complexity index is 1070. The fraction of sp³-hybridized carbons (Fsp3) is 0.795. The molecule has 3 N–H and O–H groups in total. The SMILES string of the molecule is CCOCCOC(C)(/C=C/C=C(\C)C1OC(=O)CC(O)CCC(C)(OCCOCC)C(OC(C)=O)/C=C/C1C)CC(O)C(C)C(C)C(O)CC. The fourth-order valence-corrected chi connectivity index (χ4v) is 6.08. The van der Waals surface area contributed by atoms with E-state index in [0.29, 0.717) is 52.3 Å². The van der Waals surface area contributed by atoms with Crippen LogP contribution < -0.4 is 0 Å². The maximum atomic E-state index is 13.1. The molecule has 50 heavy (non-hydrogen) atoms. The van der Waals surface area contributed by atoms with E-state index in [4.69, 9.17) is 28.4 Å². The summed E-state index contributed by atoms with van der Waals surface area (Å²) in [6.07, 6.45) is 6.76. The van der Waals surface area contributed by atoms with Crippen LogP contribution in [0.4, 0.5) is 0 Å². The van der Waals surface area contributed by atoms with E-state index >= 15 is 0 Å². The minimum atomic E-state index is -0.983. The van der Waals surface area contributed by atoms with Crippen molar-refractivity contribution in [3.05, 3.63) is 36.0 Å². The number of ether oxygens (including phenoxy) is 6. The molecule has 0 bridgehead atoms. The highest BCUT2D eigenvalue weighted by Gasteiger charge is 2.38. The molecule has 0 aromatic carbocycles. The number of carbonyl (C=O) groups is 2. The zero-order valence-electron chi connectivity index (χ0n) is 32.4. The molecule has 290 valence electrons. The highest BCUT2D eigenvalue weighted by Crippen LogP contribution is 2.31. The lowest BCUT2D eigenvalue weighted by Crippen LogP contribution is -2.45. The predicted molar refractivity (Wildman–Crippen MR) is 193 cm³/mol. The Kier molecular flexibility index (Phi) is 21.5. The van der Waals surface area contributed by atoms with Crippen LogP contribution in [0, 0.1) is 17.8 Å². The molecule has 0 aromatic rings. The smallest absolute Gasteiger partial charge is 0.309 e. The Morgan fingerprint density at radius 3 is 2.26 bits per heavy atom. The lowest BCUT2D eigenvalue weighted by Gasteiger charge is -2.37. The molecular formula is C39H68O11. The standard InChI is InChI=1S/C39H68O11/c1-11-33(42)29(6)30(7)34(43)26-38(9,47-23-21-45-12-2)19-14-15-27(4)37-28(5)16-17-35(49-31(8)40)39(10,48-24-22-46-13-3)20-18-32(41)25-36(44)50-37/h14-17,19,28-30,32-35,37,41-43H,11-13,18,20-26H2,1-10H3/b17-16+,19-14+,27-15+. The Morgan fingerprint density at radius 2 is 1.66 bits per heavy atom. The van der Waals surface area contributed by atoms with Crippen LogP contribution in [0.15, 0.2) is 36.0 Å². The van der Waals surface area contributed by atoms with Crippen LogP contribution in [0.2, 0.25) is 0 Å². The highest BCUT2D eigenvalue weighted by atomic mass is 16.6. The van der Waals surface area contributed by atoms with Crippen LogP contribution in [0.1, 0.15) is 101 Å². The summed E-state index contributed by atoms with van der Waals surface area (Å²) in [7, 11) is 0. The van der Waals surface area contributed by atoms with E-state index in [2.05, 4.69) is 0 Å². The quantitative estimate of drug-likeness (QED) is 0.0637. The molecule has 0 saturated heterocycles. The van der Waals surface area contributed by atoms with E-state index in [1.165, 1.54) is 6.92 Å². The van der Waals surface area contributed by atoms with E-state index in [-0.39, 0.29) is 37.2 Å². The van der Waals surface area contributed by atoms with Gasteiger partial charge in [-0.3, -0.25) is 9.59 Å². The van der Waals surface area contributed by atoms with Crippen LogP contribution in [0.3, 0.4) is 0 Å². The summed E-state index contributed by atoms with van der Waals surface area (Å²) in [5.74, 6) is -1.60. The van der Waals surface area contributed by atoms with Gasteiger partial charge in [0, 0.05) is 32.5 Å². The highest BCUT2D eigenvalue weighted by molar-refractivity contribution is 5.70. The lowest BCUT2D eigenvalue weighted by atomic mass is 9.81. The largest absolute Gasteiger partial charge is 0.457 e. The number of hydrogen-bond donors (Lipinski definition) is 3. The van der Waals surface area contributed by atoms with Crippen molar-refractivity contribution in [2.24, 2.45) is 17.8 Å². The summed E-state index contributed by atoms with van der Waals surface area (Å²) in [5, 5.41) is 32.4. The van der Waals surface area contributed by atoms with Gasteiger partial charge in [-0.15, -0.1) is 0 Å². The Balaban J connectivity index is 3.41. The molecule has 11 heteroatoms. The zero-order chi connectivity index (χ0) is 37.9. The third-order valence-corrected chi connectivity index (χ3v) is 9.66. The van der Waals surface area contributed by atoms with E-state index in [1.54, 1.807) is 6.08 Å². The molecular weight excluding hydrogens is 644 g/mol. The van der Waals surface area contributed by atoms with Gasteiger partial charge in [0.15, 0.2) is 0 Å². The van der Waals surface area contributed by atoms with Gasteiger partial charge in [0.25, 0.3) is 0 Å². The van der Waals surface area contributed by atoms with Crippen LogP contribution >= 0.6 is 0 Å². The van der Waals surface area contributed by atoms with Gasteiger partial charge in [-0.05, 0) is 77.4 Å². The molecule has 0 spiro atoms. The predicted octanol–water partition coefficient (Wildman–Crippen LogP) is 5.49. The second kappa shape index (κ2) is 23.4. The lowest BCUT2D eigenvalue weighted by molar-refractivity contribution is -0.167. The Hall–Kier alpha value is -2.12. The van der Waals surface area contributed by atoms with Crippen LogP contribution in [0.25, 0.3) is 0 Å². The van der Waals surface area contributed by atoms with Crippen molar-refractivity contribution in [1.29, 1.82) is 0 Å².